The molecule has 0 saturated heterocycles. The number of carbonyl (C=O) groups excluding carboxylic acids is 1. The molecule has 7 heteroatoms. The number of hydrogen-bond donors (Lipinski definition) is 1. The van der Waals surface area contributed by atoms with Crippen molar-refractivity contribution in [2.75, 3.05) is 5.32 Å². The van der Waals surface area contributed by atoms with Crippen LogP contribution in [0.2, 0.25) is 0 Å². The van der Waals surface area contributed by atoms with Crippen LogP contribution in [0.25, 0.3) is 0 Å². The van der Waals surface area contributed by atoms with Gasteiger partial charge in [-0.3, -0.25) is 4.79 Å². The van der Waals surface area contributed by atoms with E-state index in [2.05, 4.69) is 36.2 Å². The first-order valence-corrected chi connectivity index (χ1v) is 5.76. The summed E-state index contributed by atoms with van der Waals surface area (Å²) in [6.45, 7) is 1.71. The molecular weight excluding hydrogens is 303 g/mol. The Balaban J connectivity index is 2.18. The Morgan fingerprint density at radius 3 is 2.56 bits per heavy atom. The molecular formula is C11H8BrFN4O. The quantitative estimate of drug-likeness (QED) is 0.924. The number of amides is 1. The third-order valence-electron chi connectivity index (χ3n) is 2.08. The van der Waals surface area contributed by atoms with E-state index in [9.17, 15) is 9.18 Å². The summed E-state index contributed by atoms with van der Waals surface area (Å²) in [5, 5.41) is 2.35. The summed E-state index contributed by atoms with van der Waals surface area (Å²) in [7, 11) is 0. The third kappa shape index (κ3) is 2.86. The van der Waals surface area contributed by atoms with E-state index in [1.165, 1.54) is 24.7 Å². The van der Waals surface area contributed by atoms with Gasteiger partial charge >= 0.3 is 0 Å². The van der Waals surface area contributed by atoms with Crippen molar-refractivity contribution in [1.29, 1.82) is 0 Å². The van der Waals surface area contributed by atoms with Gasteiger partial charge in [-0.25, -0.2) is 19.3 Å². The first-order chi connectivity index (χ1) is 8.56. The van der Waals surface area contributed by atoms with Crippen molar-refractivity contribution in [3.05, 3.63) is 46.3 Å². The van der Waals surface area contributed by atoms with Crippen molar-refractivity contribution in [2.45, 2.75) is 6.92 Å². The minimum atomic E-state index is -0.620. The van der Waals surface area contributed by atoms with Gasteiger partial charge in [0.1, 0.15) is 5.82 Å². The molecule has 0 fully saturated rings. The zero-order chi connectivity index (χ0) is 13.1. The summed E-state index contributed by atoms with van der Waals surface area (Å²) in [4.78, 5) is 23.3. The van der Waals surface area contributed by atoms with E-state index in [1.54, 1.807) is 6.92 Å². The Morgan fingerprint density at radius 2 is 1.94 bits per heavy atom. The van der Waals surface area contributed by atoms with E-state index >= 15 is 0 Å². The monoisotopic (exact) mass is 310 g/mol. The van der Waals surface area contributed by atoms with E-state index in [0.29, 0.717) is 10.3 Å². The zero-order valence-corrected chi connectivity index (χ0v) is 10.9. The number of pyridine rings is 1. The van der Waals surface area contributed by atoms with Crippen molar-refractivity contribution >= 4 is 27.7 Å². The molecule has 2 aromatic rings. The van der Waals surface area contributed by atoms with Gasteiger partial charge in [0.15, 0.2) is 11.6 Å². The molecule has 2 rings (SSSR count). The van der Waals surface area contributed by atoms with Crippen LogP contribution in [-0.4, -0.2) is 20.9 Å². The summed E-state index contributed by atoms with van der Waals surface area (Å²) in [6, 6.07) is 1.22. The lowest BCUT2D eigenvalue weighted by Gasteiger charge is -2.05. The van der Waals surface area contributed by atoms with Gasteiger partial charge in [-0.05, 0) is 28.9 Å². The van der Waals surface area contributed by atoms with Crippen LogP contribution in [0, 0.1) is 12.7 Å². The maximum atomic E-state index is 13.5. The van der Waals surface area contributed by atoms with Gasteiger partial charge < -0.3 is 5.32 Å². The molecule has 0 atom stereocenters. The van der Waals surface area contributed by atoms with Gasteiger partial charge in [0.05, 0.1) is 5.56 Å². The van der Waals surface area contributed by atoms with Crippen LogP contribution < -0.4 is 5.32 Å². The molecule has 0 aromatic carbocycles. The van der Waals surface area contributed by atoms with Gasteiger partial charge in [0, 0.05) is 23.1 Å². The van der Waals surface area contributed by atoms with Crippen LogP contribution >= 0.6 is 15.9 Å². The van der Waals surface area contributed by atoms with Crippen molar-refractivity contribution in [3.8, 4) is 0 Å². The average Bonchev–Trinajstić information content (AvgIpc) is 2.33. The van der Waals surface area contributed by atoms with Crippen LogP contribution in [0.15, 0.2) is 29.1 Å². The summed E-state index contributed by atoms with van der Waals surface area (Å²) >= 11 is 3.08. The van der Waals surface area contributed by atoms with Crippen molar-refractivity contribution in [3.63, 3.8) is 0 Å². The topological polar surface area (TPSA) is 67.8 Å². The molecule has 2 aromatic heterocycles. The van der Waals surface area contributed by atoms with Gasteiger partial charge in [-0.1, -0.05) is 0 Å². The van der Waals surface area contributed by atoms with Crippen LogP contribution in [0.4, 0.5) is 10.2 Å². The maximum Gasteiger partial charge on any atom is 0.260 e. The molecule has 0 saturated carbocycles. The number of nitrogens with zero attached hydrogens (tertiary/aromatic N) is 3. The molecule has 0 bridgehead atoms. The summed E-state index contributed by atoms with van der Waals surface area (Å²) in [5.74, 6) is -0.710. The van der Waals surface area contributed by atoms with Gasteiger partial charge in [0.25, 0.3) is 5.91 Å². The van der Waals surface area contributed by atoms with Gasteiger partial charge in [0.2, 0.25) is 0 Å². The second-order valence-electron chi connectivity index (χ2n) is 3.46. The number of halogens is 2. The summed E-state index contributed by atoms with van der Waals surface area (Å²) in [6.07, 6.45) is 4.13. The minimum absolute atomic E-state index is 0.135. The van der Waals surface area contributed by atoms with Gasteiger partial charge in [-0.15, -0.1) is 0 Å². The molecule has 2 heterocycles. The number of anilines is 1. The number of aromatic nitrogens is 3. The zero-order valence-electron chi connectivity index (χ0n) is 9.32. The second-order valence-corrected chi connectivity index (χ2v) is 4.37. The molecule has 0 spiro atoms. The highest BCUT2D eigenvalue weighted by atomic mass is 79.9. The Morgan fingerprint density at radius 1 is 1.28 bits per heavy atom. The highest BCUT2D eigenvalue weighted by molar-refractivity contribution is 9.10. The van der Waals surface area contributed by atoms with E-state index in [1.807, 2.05) is 0 Å². The van der Waals surface area contributed by atoms with Crippen LogP contribution in [-0.2, 0) is 0 Å². The van der Waals surface area contributed by atoms with Crippen molar-refractivity contribution in [1.82, 2.24) is 15.0 Å². The highest BCUT2D eigenvalue weighted by Gasteiger charge is 2.11. The Hall–Kier alpha value is -1.89. The number of nitrogens with one attached hydrogen (secondary N) is 1. The first kappa shape index (κ1) is 12.6. The summed E-state index contributed by atoms with van der Waals surface area (Å²) in [5.41, 5.74) is 0.240. The molecule has 92 valence electrons. The number of carbonyl (C=O) groups is 1. The Kier molecular flexibility index (Phi) is 3.61. The molecule has 18 heavy (non-hydrogen) atoms. The smallest absolute Gasteiger partial charge is 0.260 e. The summed E-state index contributed by atoms with van der Waals surface area (Å²) < 4.78 is 13.9. The number of hydrogen-bond acceptors (Lipinski definition) is 4. The third-order valence-corrected chi connectivity index (χ3v) is 2.52. The van der Waals surface area contributed by atoms with Crippen LogP contribution in [0.1, 0.15) is 16.2 Å². The molecule has 0 unspecified atom stereocenters. The fourth-order valence-corrected chi connectivity index (χ4v) is 1.50. The van der Waals surface area contributed by atoms with Crippen LogP contribution in [0.5, 0.6) is 0 Å². The largest absolute Gasteiger partial charge is 0.304 e. The second kappa shape index (κ2) is 5.18. The predicted molar refractivity (Wildman–Crippen MR) is 66.6 cm³/mol. The van der Waals surface area contributed by atoms with E-state index in [4.69, 9.17) is 0 Å². The first-order valence-electron chi connectivity index (χ1n) is 4.97. The fourth-order valence-electron chi connectivity index (χ4n) is 1.20. The molecule has 0 aliphatic rings. The number of aryl methyl sites for hydroxylation is 1. The molecule has 1 N–H and O–H groups in total. The molecule has 0 radical (unpaired) electrons. The van der Waals surface area contributed by atoms with E-state index in [-0.39, 0.29) is 11.4 Å². The van der Waals surface area contributed by atoms with Crippen molar-refractivity contribution in [2.24, 2.45) is 0 Å². The van der Waals surface area contributed by atoms with Crippen LogP contribution in [0.3, 0.4) is 0 Å². The molecule has 0 aliphatic carbocycles. The SMILES string of the molecule is Cc1ncc(C(=O)Nc2ncc(Br)cc2F)cn1. The lowest BCUT2D eigenvalue weighted by molar-refractivity contribution is 0.102. The fraction of sp³-hybridized carbons (Fsp3) is 0.0909. The lowest BCUT2D eigenvalue weighted by atomic mass is 10.3. The number of rotatable bonds is 2. The molecule has 0 aliphatic heterocycles. The Bertz CT molecular complexity index is 588. The highest BCUT2D eigenvalue weighted by Crippen LogP contribution is 2.16. The minimum Gasteiger partial charge on any atom is -0.304 e. The maximum absolute atomic E-state index is 13.5. The van der Waals surface area contributed by atoms with Crippen molar-refractivity contribution < 1.29 is 9.18 Å². The average molecular weight is 311 g/mol. The normalized spacial score (nSPS) is 10.2. The Labute approximate surface area is 111 Å². The predicted octanol–water partition coefficient (Wildman–Crippen LogP) is 2.33. The standard InChI is InChI=1S/C11H8BrFN4O/c1-6-14-3-7(4-15-6)11(18)17-10-9(13)2-8(12)5-16-10/h2-5H,1H3,(H,16,17,18). The molecule has 1 amide bonds. The lowest BCUT2D eigenvalue weighted by Crippen LogP contribution is -2.15. The van der Waals surface area contributed by atoms with Gasteiger partial charge in [-0.2, -0.15) is 0 Å². The molecule has 5 nitrogen and oxygen atoms in total. The van der Waals surface area contributed by atoms with E-state index < -0.39 is 11.7 Å². The van der Waals surface area contributed by atoms with E-state index in [0.717, 1.165) is 0 Å².